The molecular weight excluding hydrogens is 246 g/mol. The van der Waals surface area contributed by atoms with Crippen molar-refractivity contribution in [3.8, 4) is 6.07 Å². The van der Waals surface area contributed by atoms with Gasteiger partial charge >= 0.3 is 0 Å². The summed E-state index contributed by atoms with van der Waals surface area (Å²) < 4.78 is 0. The van der Waals surface area contributed by atoms with Crippen LogP contribution in [0.15, 0.2) is 30.3 Å². The quantitative estimate of drug-likeness (QED) is 0.835. The molecule has 1 aliphatic rings. The molecule has 3 rings (SSSR count). The number of piperidine rings is 1. The summed E-state index contributed by atoms with van der Waals surface area (Å²) in [6.07, 6.45) is 3.36. The normalized spacial score (nSPS) is 19.9. The number of rotatable bonds is 2. The number of hydrogen-bond donors (Lipinski definition) is 0. The van der Waals surface area contributed by atoms with Crippen molar-refractivity contribution in [2.24, 2.45) is 0 Å². The van der Waals surface area contributed by atoms with Gasteiger partial charge in [0, 0.05) is 17.6 Å². The zero-order valence-electron chi connectivity index (χ0n) is 11.8. The number of para-hydroxylation sites is 1. The van der Waals surface area contributed by atoms with Crippen molar-refractivity contribution in [3.05, 3.63) is 41.6 Å². The van der Waals surface area contributed by atoms with Gasteiger partial charge in [-0.05, 0) is 50.4 Å². The van der Waals surface area contributed by atoms with Gasteiger partial charge in [0.2, 0.25) is 0 Å². The second-order valence-electron chi connectivity index (χ2n) is 5.55. The van der Waals surface area contributed by atoms with Gasteiger partial charge in [0.1, 0.15) is 0 Å². The third kappa shape index (κ3) is 2.52. The second-order valence-corrected chi connectivity index (χ2v) is 5.55. The molecule has 1 aromatic carbocycles. The Kier molecular flexibility index (Phi) is 3.66. The predicted octanol–water partition coefficient (Wildman–Crippen LogP) is 3.42. The fourth-order valence-corrected chi connectivity index (χ4v) is 3.07. The van der Waals surface area contributed by atoms with E-state index in [1.165, 1.54) is 23.8 Å². The van der Waals surface area contributed by atoms with Gasteiger partial charge in [0.25, 0.3) is 0 Å². The molecule has 0 N–H and O–H groups in total. The molecular formula is C17H19N3. The van der Waals surface area contributed by atoms with E-state index >= 15 is 0 Å². The maximum Gasteiger partial charge on any atom is 0.0980 e. The summed E-state index contributed by atoms with van der Waals surface area (Å²) in [4.78, 5) is 6.90. The summed E-state index contributed by atoms with van der Waals surface area (Å²) in [5, 5.41) is 10.5. The lowest BCUT2D eigenvalue weighted by Crippen LogP contribution is -2.37. The highest BCUT2D eigenvalue weighted by Gasteiger charge is 2.22. The molecule has 1 aliphatic heterocycles. The van der Waals surface area contributed by atoms with E-state index in [1.807, 2.05) is 13.0 Å². The minimum absolute atomic E-state index is 0.0657. The first-order chi connectivity index (χ1) is 9.78. The van der Waals surface area contributed by atoms with E-state index in [2.05, 4.69) is 40.2 Å². The molecule has 1 fully saturated rings. The third-order valence-electron chi connectivity index (χ3n) is 4.07. The molecule has 1 aromatic heterocycles. The van der Waals surface area contributed by atoms with E-state index < -0.39 is 0 Å². The van der Waals surface area contributed by atoms with Gasteiger partial charge in [-0.25, -0.2) is 0 Å². The molecule has 0 aliphatic carbocycles. The smallest absolute Gasteiger partial charge is 0.0980 e. The molecule has 1 unspecified atom stereocenters. The maximum atomic E-state index is 9.30. The van der Waals surface area contributed by atoms with Gasteiger partial charge in [-0.3, -0.25) is 9.88 Å². The van der Waals surface area contributed by atoms with Crippen LogP contribution in [0.1, 0.15) is 30.5 Å². The molecule has 3 heteroatoms. The molecule has 1 saturated heterocycles. The highest BCUT2D eigenvalue weighted by Crippen LogP contribution is 2.24. The molecule has 2 aromatic rings. The van der Waals surface area contributed by atoms with Crippen LogP contribution in [0.4, 0.5) is 0 Å². The number of hydrogen-bond acceptors (Lipinski definition) is 3. The van der Waals surface area contributed by atoms with Gasteiger partial charge in [0.15, 0.2) is 0 Å². The molecule has 102 valence electrons. The van der Waals surface area contributed by atoms with Crippen molar-refractivity contribution in [2.75, 3.05) is 6.54 Å². The number of pyridine rings is 1. The summed E-state index contributed by atoms with van der Waals surface area (Å²) >= 11 is 0. The lowest BCUT2D eigenvalue weighted by molar-refractivity contribution is 0.177. The minimum Gasteiger partial charge on any atom is -0.284 e. The predicted molar refractivity (Wildman–Crippen MR) is 80.1 cm³/mol. The van der Waals surface area contributed by atoms with Crippen LogP contribution in [0, 0.1) is 18.3 Å². The average molecular weight is 265 g/mol. The molecule has 1 atom stereocenters. The van der Waals surface area contributed by atoms with Crippen LogP contribution >= 0.6 is 0 Å². The fourth-order valence-electron chi connectivity index (χ4n) is 3.07. The topological polar surface area (TPSA) is 39.9 Å². The van der Waals surface area contributed by atoms with Gasteiger partial charge in [-0.1, -0.05) is 18.2 Å². The van der Waals surface area contributed by atoms with Gasteiger partial charge in [0.05, 0.1) is 17.6 Å². The summed E-state index contributed by atoms with van der Waals surface area (Å²) in [6, 6.07) is 12.9. The van der Waals surface area contributed by atoms with E-state index in [4.69, 9.17) is 0 Å². The molecule has 0 radical (unpaired) electrons. The van der Waals surface area contributed by atoms with E-state index in [9.17, 15) is 5.26 Å². The van der Waals surface area contributed by atoms with Crippen LogP contribution in [0.3, 0.4) is 0 Å². The first-order valence-corrected chi connectivity index (χ1v) is 7.27. The van der Waals surface area contributed by atoms with Crippen LogP contribution in [0.5, 0.6) is 0 Å². The summed E-state index contributed by atoms with van der Waals surface area (Å²) in [6.45, 7) is 3.91. The van der Waals surface area contributed by atoms with Crippen molar-refractivity contribution in [1.29, 1.82) is 5.26 Å². The Bertz CT molecular complexity index is 657. The Balaban J connectivity index is 1.96. The minimum atomic E-state index is 0.0657. The number of benzene rings is 1. The SMILES string of the molecule is Cc1cc(CN2CCCCC2C#N)c2ccccc2n1. The number of likely N-dealkylation sites (tertiary alicyclic amines) is 1. The van der Waals surface area contributed by atoms with Crippen LogP contribution in [0.2, 0.25) is 0 Å². The van der Waals surface area contributed by atoms with Crippen molar-refractivity contribution in [2.45, 2.75) is 38.8 Å². The van der Waals surface area contributed by atoms with E-state index in [0.717, 1.165) is 30.7 Å². The lowest BCUT2D eigenvalue weighted by atomic mass is 10.0. The maximum absolute atomic E-state index is 9.30. The highest BCUT2D eigenvalue weighted by atomic mass is 15.2. The Labute approximate surface area is 119 Å². The molecule has 0 bridgehead atoms. The van der Waals surface area contributed by atoms with Crippen molar-refractivity contribution < 1.29 is 0 Å². The number of aryl methyl sites for hydroxylation is 1. The van der Waals surface area contributed by atoms with Gasteiger partial charge in [-0.15, -0.1) is 0 Å². The van der Waals surface area contributed by atoms with Crippen molar-refractivity contribution >= 4 is 10.9 Å². The van der Waals surface area contributed by atoms with Gasteiger partial charge < -0.3 is 0 Å². The second kappa shape index (κ2) is 5.60. The largest absolute Gasteiger partial charge is 0.284 e. The summed E-state index contributed by atoms with van der Waals surface area (Å²) in [7, 11) is 0. The highest BCUT2D eigenvalue weighted by molar-refractivity contribution is 5.82. The van der Waals surface area contributed by atoms with E-state index in [-0.39, 0.29) is 6.04 Å². The standard InChI is InChI=1S/C17H19N3/c1-13-10-14(16-7-2-3-8-17(16)19-13)12-20-9-5-4-6-15(20)11-18/h2-3,7-8,10,15H,4-6,9,12H2,1H3. The Morgan fingerprint density at radius 2 is 2.20 bits per heavy atom. The van der Waals surface area contributed by atoms with Crippen LogP contribution < -0.4 is 0 Å². The van der Waals surface area contributed by atoms with Crippen LogP contribution in [-0.4, -0.2) is 22.5 Å². The average Bonchev–Trinajstić information content (AvgIpc) is 2.47. The first kappa shape index (κ1) is 13.1. The van der Waals surface area contributed by atoms with Crippen LogP contribution in [-0.2, 0) is 6.54 Å². The first-order valence-electron chi connectivity index (χ1n) is 7.27. The monoisotopic (exact) mass is 265 g/mol. The van der Waals surface area contributed by atoms with Crippen molar-refractivity contribution in [1.82, 2.24) is 9.88 Å². The van der Waals surface area contributed by atoms with Gasteiger partial charge in [-0.2, -0.15) is 5.26 Å². The summed E-state index contributed by atoms with van der Waals surface area (Å²) in [5.74, 6) is 0. The van der Waals surface area contributed by atoms with E-state index in [1.54, 1.807) is 0 Å². The zero-order chi connectivity index (χ0) is 13.9. The Morgan fingerprint density at radius 1 is 1.35 bits per heavy atom. The van der Waals surface area contributed by atoms with Crippen molar-refractivity contribution in [3.63, 3.8) is 0 Å². The van der Waals surface area contributed by atoms with E-state index in [0.29, 0.717) is 0 Å². The lowest BCUT2D eigenvalue weighted by Gasteiger charge is -2.31. The molecule has 2 heterocycles. The molecule has 0 spiro atoms. The van der Waals surface area contributed by atoms with Crippen LogP contribution in [0.25, 0.3) is 10.9 Å². The Morgan fingerprint density at radius 3 is 3.05 bits per heavy atom. The molecule has 0 saturated carbocycles. The zero-order valence-corrected chi connectivity index (χ0v) is 11.8. The number of aromatic nitrogens is 1. The molecule has 3 nitrogen and oxygen atoms in total. The number of nitrogens with zero attached hydrogens (tertiary/aromatic N) is 3. The Hall–Kier alpha value is -1.92. The molecule has 20 heavy (non-hydrogen) atoms. The third-order valence-corrected chi connectivity index (χ3v) is 4.07. The summed E-state index contributed by atoms with van der Waals surface area (Å²) in [5.41, 5.74) is 3.38. The number of nitriles is 1. The number of fused-ring (bicyclic) bond motifs is 1. The fraction of sp³-hybridized carbons (Fsp3) is 0.412. The molecule has 0 amide bonds.